The Balaban J connectivity index is 1.03. The minimum absolute atomic E-state index is 0.125. The first-order chi connectivity index (χ1) is 28.4. The number of anilines is 1. The van der Waals surface area contributed by atoms with E-state index in [2.05, 4.69) is 200 Å². The van der Waals surface area contributed by atoms with Crippen LogP contribution in [0.25, 0.3) is 5.57 Å². The van der Waals surface area contributed by atoms with Crippen LogP contribution in [0.1, 0.15) is 87.4 Å². The predicted octanol–water partition coefficient (Wildman–Crippen LogP) is 13.0. The van der Waals surface area contributed by atoms with Crippen LogP contribution in [-0.2, 0) is 0 Å². The van der Waals surface area contributed by atoms with E-state index in [1.165, 1.54) is 57.0 Å². The lowest BCUT2D eigenvalue weighted by molar-refractivity contribution is 0.329. The number of fused-ring (bicyclic) bond motifs is 3. The zero-order valence-electron chi connectivity index (χ0n) is 34.2. The lowest BCUT2D eigenvalue weighted by Crippen LogP contribution is -2.45. The fraction of sp³-hybridized carbons (Fsp3) is 0.309. The van der Waals surface area contributed by atoms with Gasteiger partial charge in [0.1, 0.15) is 0 Å². The van der Waals surface area contributed by atoms with Crippen molar-refractivity contribution in [2.24, 2.45) is 23.7 Å². The maximum Gasteiger partial charge on any atom is 0.0712 e. The Hall–Kier alpha value is -5.54. The molecule has 58 heavy (non-hydrogen) atoms. The van der Waals surface area contributed by atoms with Gasteiger partial charge in [0.15, 0.2) is 0 Å². The maximum absolute atomic E-state index is 4.51. The molecular formula is C55H57N3. The average Bonchev–Trinajstić information content (AvgIpc) is 3.54. The molecule has 0 saturated carbocycles. The summed E-state index contributed by atoms with van der Waals surface area (Å²) >= 11 is 0. The molecule has 2 aromatic carbocycles. The van der Waals surface area contributed by atoms with Gasteiger partial charge in [0.25, 0.3) is 0 Å². The summed E-state index contributed by atoms with van der Waals surface area (Å²) in [5, 5.41) is 4.12. The number of allylic oxidation sites excluding steroid dienone is 18. The van der Waals surface area contributed by atoms with Crippen LogP contribution < -0.4 is 10.2 Å². The quantitative estimate of drug-likeness (QED) is 0.296. The van der Waals surface area contributed by atoms with Crippen molar-refractivity contribution in [2.75, 3.05) is 4.90 Å². The van der Waals surface area contributed by atoms with Gasteiger partial charge in [-0.25, -0.2) is 0 Å². The van der Waals surface area contributed by atoms with Gasteiger partial charge >= 0.3 is 0 Å². The molecule has 3 aliphatic heterocycles. The zero-order valence-corrected chi connectivity index (χ0v) is 34.2. The van der Waals surface area contributed by atoms with E-state index >= 15 is 0 Å². The molecule has 0 saturated heterocycles. The van der Waals surface area contributed by atoms with Crippen molar-refractivity contribution < 1.29 is 0 Å². The van der Waals surface area contributed by atoms with E-state index in [0.717, 1.165) is 44.1 Å². The summed E-state index contributed by atoms with van der Waals surface area (Å²) in [5.41, 5.74) is 13.0. The van der Waals surface area contributed by atoms with E-state index < -0.39 is 0 Å². The summed E-state index contributed by atoms with van der Waals surface area (Å²) in [6, 6.07) is 19.1. The minimum Gasteiger partial charge on any atom is -0.382 e. The molecule has 0 spiro atoms. The van der Waals surface area contributed by atoms with Gasteiger partial charge in [0.2, 0.25) is 0 Å². The number of rotatable bonds is 6. The van der Waals surface area contributed by atoms with E-state index in [1.807, 2.05) is 0 Å². The largest absolute Gasteiger partial charge is 0.382 e. The predicted molar refractivity (Wildman–Crippen MR) is 243 cm³/mol. The van der Waals surface area contributed by atoms with Gasteiger partial charge in [0.05, 0.1) is 17.6 Å². The topological polar surface area (TPSA) is 18.5 Å². The molecule has 8 aliphatic rings. The summed E-state index contributed by atoms with van der Waals surface area (Å²) in [5.74, 6) is 2.55. The third kappa shape index (κ3) is 6.63. The van der Waals surface area contributed by atoms with Crippen molar-refractivity contribution in [3.63, 3.8) is 0 Å². The van der Waals surface area contributed by atoms with E-state index in [9.17, 15) is 0 Å². The molecule has 3 heterocycles. The molecule has 8 unspecified atom stereocenters. The summed E-state index contributed by atoms with van der Waals surface area (Å²) in [6.45, 7) is 9.29. The maximum atomic E-state index is 4.51. The van der Waals surface area contributed by atoms with Crippen LogP contribution in [0, 0.1) is 23.7 Å². The Morgan fingerprint density at radius 2 is 1.69 bits per heavy atom. The molecule has 0 bridgehead atoms. The monoisotopic (exact) mass is 759 g/mol. The highest BCUT2D eigenvalue weighted by Crippen LogP contribution is 2.53. The first kappa shape index (κ1) is 36.8. The molecule has 1 N–H and O–H groups in total. The Labute approximate surface area is 346 Å². The minimum atomic E-state index is -0.184. The van der Waals surface area contributed by atoms with Crippen LogP contribution in [0.3, 0.4) is 0 Å². The molecule has 10 rings (SSSR count). The number of hydrogen-bond donors (Lipinski definition) is 1. The van der Waals surface area contributed by atoms with E-state index in [1.54, 1.807) is 0 Å². The molecule has 0 amide bonds. The van der Waals surface area contributed by atoms with Gasteiger partial charge in [-0.15, -0.1) is 0 Å². The second kappa shape index (κ2) is 15.3. The second-order valence-electron chi connectivity index (χ2n) is 17.9. The van der Waals surface area contributed by atoms with Gasteiger partial charge in [-0.05, 0) is 127 Å². The van der Waals surface area contributed by atoms with E-state index in [0.29, 0.717) is 29.6 Å². The van der Waals surface area contributed by atoms with Crippen molar-refractivity contribution in [1.29, 1.82) is 0 Å². The molecule has 0 radical (unpaired) electrons. The van der Waals surface area contributed by atoms with Crippen LogP contribution >= 0.6 is 0 Å². The smallest absolute Gasteiger partial charge is 0.0712 e. The van der Waals surface area contributed by atoms with Crippen LogP contribution in [0.15, 0.2) is 199 Å². The Morgan fingerprint density at radius 1 is 0.810 bits per heavy atom. The van der Waals surface area contributed by atoms with Gasteiger partial charge in [-0.3, -0.25) is 0 Å². The summed E-state index contributed by atoms with van der Waals surface area (Å²) in [7, 11) is 0. The Kier molecular flexibility index (Phi) is 9.72. The number of para-hydroxylation sites is 1. The molecule has 0 aromatic heterocycles. The van der Waals surface area contributed by atoms with Crippen molar-refractivity contribution in [1.82, 2.24) is 10.2 Å². The molecule has 3 heteroatoms. The standard InChI is InChI=1S/C55H57N3/c1-38-16-15-20-43(34-38)51-36-44(40-18-5-4-6-19-40)35-50(56-51)42-28-26-41(27-29-42)48-37-45(58-54-25-10-8-22-47(54)49-23-11-13-32-55(49,58)3)30-31-53(48)57-33-14-12-17-39(2)46-21-7-9-24-52(46)57/h4-6,8-18,22-30,32-33,36-38,40,43-44,49-50,53,56H,2,7,19-21,31,34-35H2,1,3H3/b17-12-,33-14-. The van der Waals surface area contributed by atoms with Crippen molar-refractivity contribution in [3.8, 4) is 0 Å². The first-order valence-corrected chi connectivity index (χ1v) is 21.9. The molecule has 8 atom stereocenters. The number of nitrogens with zero attached hydrogens (tertiary/aromatic N) is 2. The highest BCUT2D eigenvalue weighted by atomic mass is 15.2. The molecule has 2 aromatic rings. The third-order valence-corrected chi connectivity index (χ3v) is 14.2. The van der Waals surface area contributed by atoms with E-state index in [-0.39, 0.29) is 17.6 Å². The lowest BCUT2D eigenvalue weighted by atomic mass is 9.76. The highest BCUT2D eigenvalue weighted by Gasteiger charge is 2.47. The number of benzene rings is 2. The van der Waals surface area contributed by atoms with E-state index in [4.69, 9.17) is 0 Å². The molecular weight excluding hydrogens is 703 g/mol. The van der Waals surface area contributed by atoms with Gasteiger partial charge in [-0.1, -0.05) is 147 Å². The molecule has 5 aliphatic carbocycles. The van der Waals surface area contributed by atoms with Gasteiger partial charge in [0, 0.05) is 40.8 Å². The summed E-state index contributed by atoms with van der Waals surface area (Å²) < 4.78 is 0. The molecule has 3 nitrogen and oxygen atoms in total. The van der Waals surface area contributed by atoms with Crippen LogP contribution in [-0.4, -0.2) is 16.5 Å². The second-order valence-corrected chi connectivity index (χ2v) is 17.9. The lowest BCUT2D eigenvalue weighted by Gasteiger charge is -2.43. The highest BCUT2D eigenvalue weighted by molar-refractivity contribution is 5.80. The average molecular weight is 760 g/mol. The number of hydrogen-bond acceptors (Lipinski definition) is 3. The van der Waals surface area contributed by atoms with Crippen LogP contribution in [0.5, 0.6) is 0 Å². The van der Waals surface area contributed by atoms with Crippen molar-refractivity contribution >= 4 is 11.3 Å². The van der Waals surface area contributed by atoms with Gasteiger partial charge < -0.3 is 15.1 Å². The third-order valence-electron chi connectivity index (χ3n) is 14.2. The van der Waals surface area contributed by atoms with Crippen LogP contribution in [0.2, 0.25) is 0 Å². The van der Waals surface area contributed by atoms with Crippen molar-refractivity contribution in [2.45, 2.75) is 82.3 Å². The Morgan fingerprint density at radius 3 is 2.55 bits per heavy atom. The Bertz CT molecular complexity index is 2350. The summed E-state index contributed by atoms with van der Waals surface area (Å²) in [4.78, 5) is 5.15. The van der Waals surface area contributed by atoms with Gasteiger partial charge in [-0.2, -0.15) is 0 Å². The fourth-order valence-corrected chi connectivity index (χ4v) is 11.2. The molecule has 0 fully saturated rings. The van der Waals surface area contributed by atoms with Crippen molar-refractivity contribution in [3.05, 3.63) is 216 Å². The summed E-state index contributed by atoms with van der Waals surface area (Å²) in [6.07, 6.45) is 52.0. The zero-order chi connectivity index (χ0) is 39.2. The normalized spacial score (nSPS) is 33.3. The SMILES string of the molecule is C=C1/C=C\C=C/N(C2CC=C(N3c4ccccc4C4C=CC=CC43C)C=C2c2ccc(C3CC(C4C=CC=CC4)C=C(C4CC=CC(C)C4)N3)cc2)C2=C1CCC=C2. The van der Waals surface area contributed by atoms with Crippen LogP contribution in [0.4, 0.5) is 5.69 Å². The number of nitrogens with one attached hydrogen (secondary N) is 1. The molecule has 292 valence electrons. The first-order valence-electron chi connectivity index (χ1n) is 21.9. The fourth-order valence-electron chi connectivity index (χ4n) is 11.2.